The number of aryl methyl sites for hydroxylation is 3. The quantitative estimate of drug-likeness (QED) is 0.349. The summed E-state index contributed by atoms with van der Waals surface area (Å²) in [7, 11) is 3.93. The summed E-state index contributed by atoms with van der Waals surface area (Å²) >= 11 is 0. The maximum absolute atomic E-state index is 12.3. The summed E-state index contributed by atoms with van der Waals surface area (Å²) in [5, 5.41) is 18.4. The van der Waals surface area contributed by atoms with Gasteiger partial charge < -0.3 is 19.5 Å². The third kappa shape index (κ3) is 6.17. The summed E-state index contributed by atoms with van der Waals surface area (Å²) in [5.41, 5.74) is 3.32. The fourth-order valence-electron chi connectivity index (χ4n) is 3.49. The number of ether oxygens (including phenoxy) is 1. The first kappa shape index (κ1) is 23.9. The zero-order valence-electron chi connectivity index (χ0n) is 19.5. The van der Waals surface area contributed by atoms with Crippen molar-refractivity contribution in [2.75, 3.05) is 26.0 Å². The highest BCUT2D eigenvalue weighted by Gasteiger charge is 2.18. The molecule has 0 radical (unpaired) electrons. The van der Waals surface area contributed by atoms with Gasteiger partial charge >= 0.3 is 0 Å². The summed E-state index contributed by atoms with van der Waals surface area (Å²) < 4.78 is 11.2. The average Bonchev–Trinajstić information content (AvgIpc) is 3.08. The average molecular weight is 453 g/mol. The number of carbonyl (C=O) groups is 1. The van der Waals surface area contributed by atoms with Crippen LogP contribution >= 0.6 is 0 Å². The number of amides is 1. The maximum Gasteiger partial charge on any atom is 0.273 e. The smallest absolute Gasteiger partial charge is 0.273 e. The molecule has 9 heteroatoms. The third-order valence-electron chi connectivity index (χ3n) is 5.15. The zero-order chi connectivity index (χ0) is 24.1. The van der Waals surface area contributed by atoms with E-state index >= 15 is 0 Å². The Morgan fingerprint density at radius 1 is 1.15 bits per heavy atom. The number of hydrogen-bond donors (Lipinski definition) is 1. The van der Waals surface area contributed by atoms with E-state index in [-0.39, 0.29) is 11.6 Å². The van der Waals surface area contributed by atoms with Crippen LogP contribution in [0, 0.1) is 30.9 Å². The second-order valence-corrected chi connectivity index (χ2v) is 8.21. The highest BCUT2D eigenvalue weighted by molar-refractivity contribution is 5.91. The van der Waals surface area contributed by atoms with Gasteiger partial charge in [-0.2, -0.15) is 0 Å². The SMILES string of the molecule is Cc1ccc(Oc2cc(-c3c(C)noc3C)cc([N+](=O)[O-])c2)cc1NC(=O)CCCN(C)C. The van der Waals surface area contributed by atoms with E-state index in [0.29, 0.717) is 46.2 Å². The lowest BCUT2D eigenvalue weighted by atomic mass is 10.0. The molecule has 1 N–H and O–H groups in total. The number of hydrogen-bond acceptors (Lipinski definition) is 7. The second kappa shape index (κ2) is 10.3. The van der Waals surface area contributed by atoms with Gasteiger partial charge in [0.15, 0.2) is 0 Å². The topological polar surface area (TPSA) is 111 Å². The Labute approximate surface area is 192 Å². The van der Waals surface area contributed by atoms with Gasteiger partial charge in [-0.25, -0.2) is 0 Å². The molecule has 9 nitrogen and oxygen atoms in total. The van der Waals surface area contributed by atoms with Gasteiger partial charge in [0.05, 0.1) is 16.7 Å². The Morgan fingerprint density at radius 2 is 1.91 bits per heavy atom. The fraction of sp³-hybridized carbons (Fsp3) is 0.333. The van der Waals surface area contributed by atoms with Crippen molar-refractivity contribution in [2.24, 2.45) is 0 Å². The van der Waals surface area contributed by atoms with Crippen molar-refractivity contribution in [3.05, 3.63) is 63.5 Å². The number of benzene rings is 2. The Kier molecular flexibility index (Phi) is 7.44. The molecule has 0 aliphatic rings. The van der Waals surface area contributed by atoms with Crippen molar-refractivity contribution >= 4 is 17.3 Å². The molecule has 3 rings (SSSR count). The highest BCUT2D eigenvalue weighted by atomic mass is 16.6. The normalized spacial score (nSPS) is 11.0. The van der Waals surface area contributed by atoms with Crippen LogP contribution in [0.25, 0.3) is 11.1 Å². The van der Waals surface area contributed by atoms with Crippen LogP contribution < -0.4 is 10.1 Å². The largest absolute Gasteiger partial charge is 0.457 e. The number of rotatable bonds is 9. The number of anilines is 1. The molecule has 33 heavy (non-hydrogen) atoms. The first-order valence-electron chi connectivity index (χ1n) is 10.6. The molecular weight excluding hydrogens is 424 g/mol. The van der Waals surface area contributed by atoms with Crippen molar-refractivity contribution in [1.82, 2.24) is 10.1 Å². The van der Waals surface area contributed by atoms with Crippen molar-refractivity contribution in [3.63, 3.8) is 0 Å². The lowest BCUT2D eigenvalue weighted by molar-refractivity contribution is -0.384. The number of nitrogens with one attached hydrogen (secondary N) is 1. The van der Waals surface area contributed by atoms with E-state index < -0.39 is 4.92 Å². The van der Waals surface area contributed by atoms with Gasteiger partial charge in [-0.15, -0.1) is 0 Å². The van der Waals surface area contributed by atoms with Crippen LogP contribution in [0.4, 0.5) is 11.4 Å². The summed E-state index contributed by atoms with van der Waals surface area (Å²) in [6, 6.07) is 9.84. The molecule has 2 aromatic carbocycles. The summed E-state index contributed by atoms with van der Waals surface area (Å²) in [5.74, 6) is 1.24. The molecule has 0 atom stereocenters. The number of carbonyl (C=O) groups excluding carboxylic acids is 1. The van der Waals surface area contributed by atoms with Crippen LogP contribution in [0.1, 0.15) is 29.9 Å². The lowest BCUT2D eigenvalue weighted by Gasteiger charge is -2.13. The summed E-state index contributed by atoms with van der Waals surface area (Å²) in [4.78, 5) is 25.4. The van der Waals surface area contributed by atoms with Crippen LogP contribution in [-0.2, 0) is 4.79 Å². The molecule has 0 fully saturated rings. The van der Waals surface area contributed by atoms with Crippen LogP contribution in [-0.4, -0.2) is 41.5 Å². The Balaban J connectivity index is 1.85. The van der Waals surface area contributed by atoms with Gasteiger partial charge in [0.25, 0.3) is 5.69 Å². The van der Waals surface area contributed by atoms with E-state index in [1.165, 1.54) is 12.1 Å². The molecule has 0 saturated carbocycles. The molecule has 0 aliphatic carbocycles. The Hall–Kier alpha value is -3.72. The molecule has 174 valence electrons. The molecule has 0 spiro atoms. The number of aromatic nitrogens is 1. The monoisotopic (exact) mass is 452 g/mol. The van der Waals surface area contributed by atoms with Crippen LogP contribution in [0.15, 0.2) is 40.9 Å². The summed E-state index contributed by atoms with van der Waals surface area (Å²) in [6.45, 7) is 6.25. The lowest BCUT2D eigenvalue weighted by Crippen LogP contribution is -2.17. The first-order valence-corrected chi connectivity index (χ1v) is 10.6. The van der Waals surface area contributed by atoms with Gasteiger partial charge in [0.1, 0.15) is 17.3 Å². The summed E-state index contributed by atoms with van der Waals surface area (Å²) in [6.07, 6.45) is 1.17. The highest BCUT2D eigenvalue weighted by Crippen LogP contribution is 2.36. The van der Waals surface area contributed by atoms with E-state index in [2.05, 4.69) is 10.5 Å². The standard InChI is InChI=1S/C24H28N4O5/c1-15-8-9-20(14-22(15)25-23(29)7-6-10-27(4)5)32-21-12-18(11-19(13-21)28(30)31)24-16(2)26-33-17(24)3/h8-9,11-14H,6-7,10H2,1-5H3,(H,25,29). The Bertz CT molecular complexity index is 1150. The van der Waals surface area contributed by atoms with Crippen molar-refractivity contribution in [2.45, 2.75) is 33.6 Å². The molecule has 0 aliphatic heterocycles. The third-order valence-corrected chi connectivity index (χ3v) is 5.15. The van der Waals surface area contributed by atoms with E-state index in [0.717, 1.165) is 18.5 Å². The van der Waals surface area contributed by atoms with E-state index in [9.17, 15) is 14.9 Å². The maximum atomic E-state index is 12.3. The molecular formula is C24H28N4O5. The van der Waals surface area contributed by atoms with Gasteiger partial charge in [-0.05, 0) is 71.1 Å². The van der Waals surface area contributed by atoms with Crippen molar-refractivity contribution in [3.8, 4) is 22.6 Å². The van der Waals surface area contributed by atoms with Gasteiger partial charge in [-0.1, -0.05) is 11.2 Å². The molecule has 0 unspecified atom stereocenters. The number of non-ortho nitro benzene ring substituents is 1. The van der Waals surface area contributed by atoms with Crippen LogP contribution in [0.3, 0.4) is 0 Å². The van der Waals surface area contributed by atoms with E-state index in [4.69, 9.17) is 9.26 Å². The second-order valence-electron chi connectivity index (χ2n) is 8.21. The number of nitrogens with zero attached hydrogens (tertiary/aromatic N) is 3. The minimum atomic E-state index is -0.469. The number of nitro groups is 1. The molecule has 1 heterocycles. The fourth-order valence-corrected chi connectivity index (χ4v) is 3.49. The van der Waals surface area contributed by atoms with E-state index in [1.54, 1.807) is 32.0 Å². The van der Waals surface area contributed by atoms with E-state index in [1.807, 2.05) is 32.0 Å². The Morgan fingerprint density at radius 3 is 2.55 bits per heavy atom. The van der Waals surface area contributed by atoms with Gasteiger partial charge in [-0.3, -0.25) is 14.9 Å². The first-order chi connectivity index (χ1) is 15.6. The predicted octanol–water partition coefficient (Wildman–Crippen LogP) is 5.25. The minimum absolute atomic E-state index is 0.0758. The van der Waals surface area contributed by atoms with Crippen LogP contribution in [0.2, 0.25) is 0 Å². The van der Waals surface area contributed by atoms with Gasteiger partial charge in [0.2, 0.25) is 5.91 Å². The number of nitro benzene ring substituents is 1. The molecule has 1 aromatic heterocycles. The molecule has 0 saturated heterocycles. The molecule has 1 amide bonds. The van der Waals surface area contributed by atoms with Crippen molar-refractivity contribution in [1.29, 1.82) is 0 Å². The van der Waals surface area contributed by atoms with Crippen LogP contribution in [0.5, 0.6) is 11.5 Å². The zero-order valence-corrected chi connectivity index (χ0v) is 19.5. The van der Waals surface area contributed by atoms with Crippen molar-refractivity contribution < 1.29 is 19.0 Å². The minimum Gasteiger partial charge on any atom is -0.457 e. The predicted molar refractivity (Wildman–Crippen MR) is 126 cm³/mol. The molecule has 3 aromatic rings. The molecule has 0 bridgehead atoms. The van der Waals surface area contributed by atoms with Gasteiger partial charge in [0, 0.05) is 29.8 Å².